The van der Waals surface area contributed by atoms with Gasteiger partial charge in [-0.2, -0.15) is 0 Å². The molecule has 100 valence electrons. The van der Waals surface area contributed by atoms with E-state index in [0.29, 0.717) is 17.2 Å². The molecular formula is C12H12N2O5. The Bertz CT molecular complexity index is 594. The van der Waals surface area contributed by atoms with Crippen molar-refractivity contribution in [3.05, 3.63) is 45.8 Å². The Morgan fingerprint density at radius 3 is 2.79 bits per heavy atom. The first kappa shape index (κ1) is 12.9. The van der Waals surface area contributed by atoms with Gasteiger partial charge >= 0.3 is 5.69 Å². The van der Waals surface area contributed by atoms with Crippen LogP contribution < -0.4 is 9.47 Å². The van der Waals surface area contributed by atoms with Crippen LogP contribution >= 0.6 is 0 Å². The molecule has 0 atom stereocenters. The van der Waals surface area contributed by atoms with Gasteiger partial charge in [0.1, 0.15) is 23.8 Å². The Kier molecular flexibility index (Phi) is 3.65. The van der Waals surface area contributed by atoms with Crippen molar-refractivity contribution in [2.45, 2.75) is 13.5 Å². The molecule has 0 saturated heterocycles. The minimum absolute atomic E-state index is 0.102. The lowest BCUT2D eigenvalue weighted by Crippen LogP contribution is -1.99. The molecule has 0 spiro atoms. The molecule has 0 aliphatic rings. The zero-order valence-corrected chi connectivity index (χ0v) is 10.5. The van der Waals surface area contributed by atoms with Crippen molar-refractivity contribution < 1.29 is 18.9 Å². The van der Waals surface area contributed by atoms with Gasteiger partial charge in [0.15, 0.2) is 5.75 Å². The fraction of sp³-hybridized carbons (Fsp3) is 0.250. The third-order valence-electron chi connectivity index (χ3n) is 2.42. The van der Waals surface area contributed by atoms with Crippen LogP contribution in [0.2, 0.25) is 0 Å². The second-order valence-corrected chi connectivity index (χ2v) is 3.81. The Morgan fingerprint density at radius 1 is 1.42 bits per heavy atom. The largest absolute Gasteiger partial charge is 0.496 e. The quantitative estimate of drug-likeness (QED) is 0.609. The topological polar surface area (TPSA) is 87.6 Å². The number of benzene rings is 1. The van der Waals surface area contributed by atoms with Crippen molar-refractivity contribution >= 4 is 5.69 Å². The van der Waals surface area contributed by atoms with Gasteiger partial charge in [0, 0.05) is 6.07 Å². The maximum absolute atomic E-state index is 10.9. The van der Waals surface area contributed by atoms with E-state index in [1.54, 1.807) is 19.1 Å². The highest BCUT2D eigenvalue weighted by molar-refractivity contribution is 5.50. The number of aromatic nitrogens is 1. The van der Waals surface area contributed by atoms with E-state index >= 15 is 0 Å². The number of methoxy groups -OCH3 is 1. The van der Waals surface area contributed by atoms with E-state index in [1.165, 1.54) is 19.2 Å². The molecule has 19 heavy (non-hydrogen) atoms. The highest BCUT2D eigenvalue weighted by Crippen LogP contribution is 2.31. The predicted molar refractivity (Wildman–Crippen MR) is 65.2 cm³/mol. The van der Waals surface area contributed by atoms with Crippen LogP contribution in [-0.2, 0) is 6.61 Å². The standard InChI is InChI=1S/C12H12N2O5/c1-8-5-9(13-19-8)7-18-12-4-3-10(17-2)6-11(12)14(15)16/h3-6H,7H2,1-2H3. The fourth-order valence-corrected chi connectivity index (χ4v) is 1.53. The van der Waals surface area contributed by atoms with Gasteiger partial charge in [0.25, 0.3) is 0 Å². The van der Waals surface area contributed by atoms with Crippen LogP contribution in [0.4, 0.5) is 5.69 Å². The number of rotatable bonds is 5. The number of hydrogen-bond donors (Lipinski definition) is 0. The molecule has 0 N–H and O–H groups in total. The van der Waals surface area contributed by atoms with Crippen LogP contribution in [0.3, 0.4) is 0 Å². The SMILES string of the molecule is COc1ccc(OCc2cc(C)on2)c([N+](=O)[O-])c1. The molecule has 7 nitrogen and oxygen atoms in total. The van der Waals surface area contributed by atoms with E-state index in [4.69, 9.17) is 14.0 Å². The Balaban J connectivity index is 2.17. The Hall–Kier alpha value is -2.57. The van der Waals surface area contributed by atoms with Crippen LogP contribution in [0, 0.1) is 17.0 Å². The molecule has 0 saturated carbocycles. The summed E-state index contributed by atoms with van der Waals surface area (Å²) in [6, 6.07) is 6.10. The van der Waals surface area contributed by atoms with Gasteiger partial charge < -0.3 is 14.0 Å². The van der Waals surface area contributed by atoms with Crippen molar-refractivity contribution in [1.29, 1.82) is 0 Å². The van der Waals surface area contributed by atoms with Gasteiger partial charge in [-0.3, -0.25) is 10.1 Å². The second-order valence-electron chi connectivity index (χ2n) is 3.81. The molecule has 1 aromatic carbocycles. The first-order chi connectivity index (χ1) is 9.10. The van der Waals surface area contributed by atoms with Gasteiger partial charge in [-0.25, -0.2) is 0 Å². The molecule has 7 heteroatoms. The molecule has 1 heterocycles. The van der Waals surface area contributed by atoms with Gasteiger partial charge in [0.2, 0.25) is 0 Å². The van der Waals surface area contributed by atoms with Crippen molar-refractivity contribution in [3.63, 3.8) is 0 Å². The molecule has 0 aliphatic heterocycles. The van der Waals surface area contributed by atoms with Crippen molar-refractivity contribution in [3.8, 4) is 11.5 Å². The summed E-state index contributed by atoms with van der Waals surface area (Å²) < 4.78 is 15.2. The van der Waals surface area contributed by atoms with Crippen LogP contribution in [0.25, 0.3) is 0 Å². The van der Waals surface area contributed by atoms with Gasteiger partial charge in [-0.1, -0.05) is 5.16 Å². The zero-order chi connectivity index (χ0) is 13.8. The summed E-state index contributed by atoms with van der Waals surface area (Å²) in [5.74, 6) is 1.21. The average molecular weight is 264 g/mol. The van der Waals surface area contributed by atoms with Crippen LogP contribution in [0.5, 0.6) is 11.5 Å². The highest BCUT2D eigenvalue weighted by atomic mass is 16.6. The molecule has 2 rings (SSSR count). The molecule has 0 amide bonds. The van der Waals surface area contributed by atoms with Gasteiger partial charge in [-0.15, -0.1) is 0 Å². The molecule has 0 fully saturated rings. The van der Waals surface area contributed by atoms with Crippen molar-refractivity contribution in [1.82, 2.24) is 5.16 Å². The van der Waals surface area contributed by atoms with Gasteiger partial charge in [0.05, 0.1) is 18.1 Å². The molecule has 0 radical (unpaired) electrons. The third kappa shape index (κ3) is 3.01. The van der Waals surface area contributed by atoms with Crippen molar-refractivity contribution in [2.24, 2.45) is 0 Å². The van der Waals surface area contributed by atoms with E-state index in [9.17, 15) is 10.1 Å². The minimum Gasteiger partial charge on any atom is -0.496 e. The lowest BCUT2D eigenvalue weighted by atomic mass is 10.3. The number of ether oxygens (including phenoxy) is 2. The van der Waals surface area contributed by atoms with Crippen LogP contribution in [-0.4, -0.2) is 17.2 Å². The summed E-state index contributed by atoms with van der Waals surface area (Å²) in [7, 11) is 1.44. The van der Waals surface area contributed by atoms with E-state index in [2.05, 4.69) is 5.16 Å². The molecule has 0 unspecified atom stereocenters. The smallest absolute Gasteiger partial charge is 0.314 e. The Labute approximate surface area is 108 Å². The molecule has 0 aliphatic carbocycles. The van der Waals surface area contributed by atoms with Gasteiger partial charge in [-0.05, 0) is 19.1 Å². The summed E-state index contributed by atoms with van der Waals surface area (Å²) >= 11 is 0. The van der Waals surface area contributed by atoms with Crippen LogP contribution in [0.1, 0.15) is 11.5 Å². The summed E-state index contributed by atoms with van der Waals surface area (Å²) in [4.78, 5) is 10.4. The van der Waals surface area contributed by atoms with E-state index in [1.807, 2.05) is 0 Å². The second kappa shape index (κ2) is 5.38. The monoisotopic (exact) mass is 264 g/mol. The van der Waals surface area contributed by atoms with E-state index < -0.39 is 4.92 Å². The first-order valence-electron chi connectivity index (χ1n) is 5.47. The minimum atomic E-state index is -0.522. The number of aryl methyl sites for hydroxylation is 1. The fourth-order valence-electron chi connectivity index (χ4n) is 1.53. The lowest BCUT2D eigenvalue weighted by molar-refractivity contribution is -0.386. The van der Waals surface area contributed by atoms with Crippen molar-refractivity contribution in [2.75, 3.05) is 7.11 Å². The number of nitro benzene ring substituents is 1. The lowest BCUT2D eigenvalue weighted by Gasteiger charge is -2.06. The highest BCUT2D eigenvalue weighted by Gasteiger charge is 2.17. The molecular weight excluding hydrogens is 252 g/mol. The normalized spacial score (nSPS) is 10.2. The maximum atomic E-state index is 10.9. The zero-order valence-electron chi connectivity index (χ0n) is 10.5. The summed E-state index contributed by atoms with van der Waals surface area (Å²) in [5.41, 5.74) is 0.419. The molecule has 1 aromatic heterocycles. The number of nitro groups is 1. The maximum Gasteiger partial charge on any atom is 0.314 e. The number of nitrogens with zero attached hydrogens (tertiary/aromatic N) is 2. The summed E-state index contributed by atoms with van der Waals surface area (Å²) in [6.07, 6.45) is 0. The predicted octanol–water partition coefficient (Wildman–Crippen LogP) is 2.48. The summed E-state index contributed by atoms with van der Waals surface area (Å²) in [5, 5.41) is 14.7. The Morgan fingerprint density at radius 2 is 2.21 bits per heavy atom. The number of hydrogen-bond acceptors (Lipinski definition) is 6. The third-order valence-corrected chi connectivity index (χ3v) is 2.42. The average Bonchev–Trinajstić information content (AvgIpc) is 2.82. The van der Waals surface area contributed by atoms with Crippen LogP contribution in [0.15, 0.2) is 28.8 Å². The summed E-state index contributed by atoms with van der Waals surface area (Å²) in [6.45, 7) is 1.86. The van der Waals surface area contributed by atoms with E-state index in [-0.39, 0.29) is 18.0 Å². The van der Waals surface area contributed by atoms with E-state index in [0.717, 1.165) is 0 Å². The molecule has 0 bridgehead atoms. The molecule has 2 aromatic rings. The first-order valence-corrected chi connectivity index (χ1v) is 5.47.